The molecule has 0 saturated carbocycles. The molecular formula is C27H37N5O4. The van der Waals surface area contributed by atoms with Gasteiger partial charge in [0.25, 0.3) is 5.91 Å². The zero-order chi connectivity index (χ0) is 26.1. The summed E-state index contributed by atoms with van der Waals surface area (Å²) in [4.78, 5) is 40.2. The summed E-state index contributed by atoms with van der Waals surface area (Å²) in [6, 6.07) is 13.3. The number of fused-ring (bicyclic) bond motifs is 1. The Hall–Kier alpha value is -3.43. The molecule has 1 aliphatic heterocycles. The summed E-state index contributed by atoms with van der Waals surface area (Å²) in [5.74, 6) is -0.783. The largest absolute Gasteiger partial charge is 0.462 e. The lowest BCUT2D eigenvalue weighted by Crippen LogP contribution is -2.48. The number of benzene rings is 2. The molecule has 36 heavy (non-hydrogen) atoms. The summed E-state index contributed by atoms with van der Waals surface area (Å²) in [7, 11) is 1.75. The molecule has 2 aromatic carbocycles. The highest BCUT2D eigenvalue weighted by Crippen LogP contribution is 2.25. The second kappa shape index (κ2) is 13.0. The van der Waals surface area contributed by atoms with E-state index in [-0.39, 0.29) is 31.5 Å². The third kappa shape index (κ3) is 7.05. The molecule has 1 heterocycles. The molecule has 2 amide bonds. The molecule has 9 nitrogen and oxygen atoms in total. The van der Waals surface area contributed by atoms with Crippen molar-refractivity contribution in [3.05, 3.63) is 64.7 Å². The van der Waals surface area contributed by atoms with E-state index >= 15 is 0 Å². The molecule has 2 aromatic rings. The van der Waals surface area contributed by atoms with Gasteiger partial charge in [-0.3, -0.25) is 14.6 Å². The molecule has 194 valence electrons. The number of anilines is 1. The Morgan fingerprint density at radius 3 is 2.33 bits per heavy atom. The third-order valence-electron chi connectivity index (χ3n) is 6.20. The minimum atomic E-state index is -0.438. The summed E-state index contributed by atoms with van der Waals surface area (Å²) in [5, 5.41) is 9.68. The highest BCUT2D eigenvalue weighted by atomic mass is 16.5. The van der Waals surface area contributed by atoms with Crippen LogP contribution in [-0.2, 0) is 27.4 Å². The van der Waals surface area contributed by atoms with E-state index in [9.17, 15) is 14.4 Å². The molecule has 0 bridgehead atoms. The molecule has 0 aliphatic carbocycles. The second-order valence-corrected chi connectivity index (χ2v) is 8.79. The van der Waals surface area contributed by atoms with Crippen molar-refractivity contribution in [3.63, 3.8) is 0 Å². The Kier molecular flexibility index (Phi) is 9.84. The van der Waals surface area contributed by atoms with Gasteiger partial charge in [0.15, 0.2) is 0 Å². The van der Waals surface area contributed by atoms with Gasteiger partial charge in [0, 0.05) is 38.9 Å². The lowest BCUT2D eigenvalue weighted by Gasteiger charge is -2.32. The van der Waals surface area contributed by atoms with E-state index in [0.29, 0.717) is 37.4 Å². The Morgan fingerprint density at radius 1 is 1.00 bits per heavy atom. The summed E-state index contributed by atoms with van der Waals surface area (Å²) < 4.78 is 5.15. The van der Waals surface area contributed by atoms with Gasteiger partial charge in [-0.2, -0.15) is 0 Å². The number of rotatable bonds is 12. The number of carbonyl (C=O) groups excluding carboxylic acids is 3. The first-order chi connectivity index (χ1) is 17.3. The average Bonchev–Trinajstić information content (AvgIpc) is 3.30. The Balaban J connectivity index is 1.77. The molecule has 0 radical (unpaired) electrons. The van der Waals surface area contributed by atoms with E-state index in [0.717, 1.165) is 12.1 Å². The van der Waals surface area contributed by atoms with Crippen molar-refractivity contribution in [2.75, 3.05) is 51.3 Å². The van der Waals surface area contributed by atoms with Gasteiger partial charge in [0.1, 0.15) is 0 Å². The summed E-state index contributed by atoms with van der Waals surface area (Å²) in [5.41, 5.74) is 4.28. The first-order valence-corrected chi connectivity index (χ1v) is 12.4. The molecule has 0 fully saturated rings. The second-order valence-electron chi connectivity index (χ2n) is 8.79. The van der Waals surface area contributed by atoms with Crippen LogP contribution in [0.1, 0.15) is 40.9 Å². The highest BCUT2D eigenvalue weighted by molar-refractivity contribution is 5.92. The van der Waals surface area contributed by atoms with Crippen molar-refractivity contribution in [1.29, 1.82) is 0 Å². The van der Waals surface area contributed by atoms with E-state index in [1.165, 1.54) is 11.1 Å². The minimum Gasteiger partial charge on any atom is -0.462 e. The topological polar surface area (TPSA) is 94.2 Å². The molecule has 0 unspecified atom stereocenters. The van der Waals surface area contributed by atoms with Crippen LogP contribution in [0, 0.1) is 6.92 Å². The smallest absolute Gasteiger partial charge is 0.338 e. The van der Waals surface area contributed by atoms with Crippen molar-refractivity contribution < 1.29 is 19.1 Å². The fraction of sp³-hybridized carbons (Fsp3) is 0.444. The predicted molar refractivity (Wildman–Crippen MR) is 139 cm³/mol. The number of hydrogen-bond donors (Lipinski definition) is 2. The van der Waals surface area contributed by atoms with Crippen LogP contribution in [0.3, 0.4) is 0 Å². The maximum atomic E-state index is 13.4. The lowest BCUT2D eigenvalue weighted by molar-refractivity contribution is -0.145. The van der Waals surface area contributed by atoms with Crippen LogP contribution >= 0.6 is 0 Å². The zero-order valence-corrected chi connectivity index (χ0v) is 21.7. The molecule has 9 heteroatoms. The number of esters is 1. The van der Waals surface area contributed by atoms with E-state index in [1.807, 2.05) is 37.1 Å². The number of hydrazine groups is 1. The van der Waals surface area contributed by atoms with Gasteiger partial charge in [-0.25, -0.2) is 9.80 Å². The van der Waals surface area contributed by atoms with Crippen LogP contribution in [0.4, 0.5) is 5.69 Å². The third-order valence-corrected chi connectivity index (χ3v) is 6.20. The zero-order valence-electron chi connectivity index (χ0n) is 21.7. The summed E-state index contributed by atoms with van der Waals surface area (Å²) in [6.07, 6.45) is 0. The van der Waals surface area contributed by atoms with Gasteiger partial charge in [0.05, 0.1) is 25.3 Å². The van der Waals surface area contributed by atoms with Crippen LogP contribution in [-0.4, -0.2) is 74.2 Å². The Bertz CT molecular complexity index is 1050. The fourth-order valence-electron chi connectivity index (χ4n) is 4.16. The van der Waals surface area contributed by atoms with Crippen molar-refractivity contribution in [1.82, 2.24) is 20.7 Å². The number of aryl methyl sites for hydroxylation is 1. The average molecular weight is 496 g/mol. The normalized spacial score (nSPS) is 12.7. The standard InChI is InChI=1S/C27H37N5O4/c1-5-28-13-14-29-25(33)18-31(24-15-21(12-11-20(24)3)27(35)36-6-2)19-26(34)30(4)32-16-22-9-7-8-10-23(22)17-32/h7-12,15,28H,5-6,13-14,16-19H2,1-4H3,(H,29,33). The fourth-order valence-corrected chi connectivity index (χ4v) is 4.16. The number of carbonyl (C=O) groups is 3. The van der Waals surface area contributed by atoms with E-state index in [4.69, 9.17) is 4.74 Å². The van der Waals surface area contributed by atoms with Crippen molar-refractivity contribution in [2.45, 2.75) is 33.9 Å². The van der Waals surface area contributed by atoms with Crippen LogP contribution < -0.4 is 15.5 Å². The van der Waals surface area contributed by atoms with Crippen LogP contribution in [0.15, 0.2) is 42.5 Å². The Labute approximate surface area is 213 Å². The monoisotopic (exact) mass is 495 g/mol. The summed E-state index contributed by atoms with van der Waals surface area (Å²) >= 11 is 0. The molecule has 1 aliphatic rings. The van der Waals surface area contributed by atoms with Crippen LogP contribution in [0.5, 0.6) is 0 Å². The molecular weight excluding hydrogens is 458 g/mol. The van der Waals surface area contributed by atoms with E-state index in [2.05, 4.69) is 22.8 Å². The molecule has 0 aromatic heterocycles. The van der Waals surface area contributed by atoms with E-state index < -0.39 is 5.97 Å². The molecule has 0 atom stereocenters. The number of nitrogens with one attached hydrogen (secondary N) is 2. The number of nitrogens with zero attached hydrogens (tertiary/aromatic N) is 3. The molecule has 0 spiro atoms. The van der Waals surface area contributed by atoms with Crippen LogP contribution in [0.25, 0.3) is 0 Å². The van der Waals surface area contributed by atoms with E-state index in [1.54, 1.807) is 36.0 Å². The van der Waals surface area contributed by atoms with Gasteiger partial charge < -0.3 is 20.3 Å². The highest BCUT2D eigenvalue weighted by Gasteiger charge is 2.27. The quantitative estimate of drug-likeness (QED) is 0.344. The van der Waals surface area contributed by atoms with Gasteiger partial charge >= 0.3 is 5.97 Å². The number of ether oxygens (including phenoxy) is 1. The molecule has 2 N–H and O–H groups in total. The first-order valence-electron chi connectivity index (χ1n) is 12.4. The maximum Gasteiger partial charge on any atom is 0.338 e. The molecule has 0 saturated heterocycles. The number of hydrogen-bond acceptors (Lipinski definition) is 7. The van der Waals surface area contributed by atoms with Gasteiger partial charge in [0.2, 0.25) is 5.91 Å². The van der Waals surface area contributed by atoms with Crippen LogP contribution in [0.2, 0.25) is 0 Å². The SMILES string of the molecule is CCNCCNC(=O)CN(CC(=O)N(C)N1Cc2ccccc2C1)c1cc(C(=O)OCC)ccc1C. The minimum absolute atomic E-state index is 0.0148. The summed E-state index contributed by atoms with van der Waals surface area (Å²) in [6.45, 7) is 9.17. The van der Waals surface area contributed by atoms with Gasteiger partial charge in [-0.1, -0.05) is 37.3 Å². The van der Waals surface area contributed by atoms with Crippen molar-refractivity contribution in [2.24, 2.45) is 0 Å². The van der Waals surface area contributed by atoms with Gasteiger partial charge in [-0.15, -0.1) is 0 Å². The Morgan fingerprint density at radius 2 is 1.69 bits per heavy atom. The maximum absolute atomic E-state index is 13.4. The van der Waals surface area contributed by atoms with Crippen molar-refractivity contribution in [3.8, 4) is 0 Å². The first kappa shape index (κ1) is 27.2. The predicted octanol–water partition coefficient (Wildman–Crippen LogP) is 2.09. The number of amides is 2. The van der Waals surface area contributed by atoms with Crippen molar-refractivity contribution >= 4 is 23.5 Å². The number of likely N-dealkylation sites (N-methyl/N-ethyl adjacent to an activating group) is 2. The molecule has 3 rings (SSSR count). The lowest BCUT2D eigenvalue weighted by atomic mass is 10.1. The van der Waals surface area contributed by atoms with Gasteiger partial charge in [-0.05, 0) is 49.2 Å².